The molecule has 5 nitrogen and oxygen atoms in total. The molecule has 3 rings (SSSR count). The predicted octanol–water partition coefficient (Wildman–Crippen LogP) is 2.47. The van der Waals surface area contributed by atoms with Crippen molar-refractivity contribution in [1.82, 2.24) is 10.3 Å². The molecule has 21 heavy (non-hydrogen) atoms. The van der Waals surface area contributed by atoms with Crippen molar-refractivity contribution in [3.63, 3.8) is 0 Å². The van der Waals surface area contributed by atoms with Crippen LogP contribution in [0.15, 0.2) is 24.3 Å². The Bertz CT molecular complexity index is 675. The van der Waals surface area contributed by atoms with E-state index in [2.05, 4.69) is 10.3 Å². The first-order chi connectivity index (χ1) is 9.99. The lowest BCUT2D eigenvalue weighted by Crippen LogP contribution is -2.46. The summed E-state index contributed by atoms with van der Waals surface area (Å²) in [5.74, 6) is 0.674. The summed E-state index contributed by atoms with van der Waals surface area (Å²) in [6.45, 7) is 4.68. The van der Waals surface area contributed by atoms with Crippen molar-refractivity contribution in [1.29, 1.82) is 0 Å². The van der Waals surface area contributed by atoms with E-state index in [1.165, 1.54) is 0 Å². The minimum Gasteiger partial charge on any atom is -0.497 e. The highest BCUT2D eigenvalue weighted by Crippen LogP contribution is 2.26. The molecule has 0 spiro atoms. The summed E-state index contributed by atoms with van der Waals surface area (Å²) in [6.07, 6.45) is 0.840. The predicted molar refractivity (Wildman–Crippen MR) is 80.8 cm³/mol. The molecule has 1 amide bonds. The number of ether oxygens (including phenoxy) is 2. The van der Waals surface area contributed by atoms with Gasteiger partial charge in [0.2, 0.25) is 0 Å². The van der Waals surface area contributed by atoms with Crippen molar-refractivity contribution in [3.05, 3.63) is 30.0 Å². The molecule has 2 heterocycles. The molecule has 112 valence electrons. The van der Waals surface area contributed by atoms with E-state index in [9.17, 15) is 4.79 Å². The Morgan fingerprint density at radius 1 is 1.43 bits per heavy atom. The van der Waals surface area contributed by atoms with Crippen LogP contribution in [-0.2, 0) is 4.74 Å². The van der Waals surface area contributed by atoms with Crippen LogP contribution in [0.4, 0.5) is 0 Å². The van der Waals surface area contributed by atoms with Gasteiger partial charge < -0.3 is 19.8 Å². The van der Waals surface area contributed by atoms with Crippen molar-refractivity contribution in [2.45, 2.75) is 31.9 Å². The molecule has 2 aromatic rings. The number of methoxy groups -OCH3 is 1. The van der Waals surface area contributed by atoms with E-state index in [-0.39, 0.29) is 17.6 Å². The molecule has 2 N–H and O–H groups in total. The molecular weight excluding hydrogens is 268 g/mol. The molecule has 0 aliphatic carbocycles. The van der Waals surface area contributed by atoms with Crippen LogP contribution in [-0.4, -0.2) is 36.3 Å². The maximum atomic E-state index is 12.4. The largest absolute Gasteiger partial charge is 0.497 e. The molecule has 5 heteroatoms. The van der Waals surface area contributed by atoms with Gasteiger partial charge in [-0.25, -0.2) is 0 Å². The summed E-state index contributed by atoms with van der Waals surface area (Å²) >= 11 is 0. The number of aromatic amines is 1. The van der Waals surface area contributed by atoms with Gasteiger partial charge in [-0.3, -0.25) is 4.79 Å². The normalized spacial score (nSPS) is 20.6. The second-order valence-electron chi connectivity index (χ2n) is 5.90. The molecule has 1 fully saturated rings. The number of amides is 1. The van der Waals surface area contributed by atoms with E-state index in [1.807, 2.05) is 38.1 Å². The maximum absolute atomic E-state index is 12.4. The Labute approximate surface area is 123 Å². The highest BCUT2D eigenvalue weighted by Gasteiger charge is 2.36. The highest BCUT2D eigenvalue weighted by atomic mass is 16.5. The van der Waals surface area contributed by atoms with Gasteiger partial charge in [0, 0.05) is 17.5 Å². The van der Waals surface area contributed by atoms with E-state index in [0.717, 1.165) is 23.1 Å². The zero-order valence-electron chi connectivity index (χ0n) is 12.5. The lowest BCUT2D eigenvalue weighted by Gasteiger charge is -2.26. The zero-order valence-corrected chi connectivity index (χ0v) is 12.5. The molecular formula is C16H20N2O3. The van der Waals surface area contributed by atoms with Crippen molar-refractivity contribution in [2.75, 3.05) is 13.7 Å². The molecule has 1 aromatic heterocycles. The molecule has 1 aliphatic rings. The van der Waals surface area contributed by atoms with E-state index in [0.29, 0.717) is 12.3 Å². The molecule has 1 unspecified atom stereocenters. The van der Waals surface area contributed by atoms with Crippen LogP contribution >= 0.6 is 0 Å². The molecule has 1 aromatic carbocycles. The molecule has 1 aliphatic heterocycles. The van der Waals surface area contributed by atoms with E-state index in [1.54, 1.807) is 7.11 Å². The average Bonchev–Trinajstić information content (AvgIpc) is 3.01. The molecule has 1 saturated heterocycles. The lowest BCUT2D eigenvalue weighted by molar-refractivity contribution is 0.0212. The van der Waals surface area contributed by atoms with Crippen molar-refractivity contribution in [2.24, 2.45) is 0 Å². The van der Waals surface area contributed by atoms with Crippen LogP contribution in [0.1, 0.15) is 30.8 Å². The molecule has 0 saturated carbocycles. The fraction of sp³-hybridized carbons (Fsp3) is 0.438. The summed E-state index contributed by atoms with van der Waals surface area (Å²) in [5.41, 5.74) is 1.16. The second kappa shape index (κ2) is 5.07. The molecule has 0 bridgehead atoms. The van der Waals surface area contributed by atoms with Crippen molar-refractivity contribution in [3.8, 4) is 5.75 Å². The van der Waals surface area contributed by atoms with E-state index >= 15 is 0 Å². The monoisotopic (exact) mass is 288 g/mol. The van der Waals surface area contributed by atoms with Gasteiger partial charge in [0.25, 0.3) is 5.91 Å². The van der Waals surface area contributed by atoms with Crippen LogP contribution in [0.2, 0.25) is 0 Å². The van der Waals surface area contributed by atoms with Crippen molar-refractivity contribution < 1.29 is 14.3 Å². The Balaban J connectivity index is 1.81. The first-order valence-corrected chi connectivity index (χ1v) is 7.11. The Kier molecular flexibility index (Phi) is 3.37. The standard InChI is InChI=1S/C16H20N2O3/c1-16(2)14(6-7-21-16)18-15(19)13-9-10-8-11(20-3)4-5-12(10)17-13/h4-5,8-9,14,17H,6-7H2,1-3H3,(H,18,19). The fourth-order valence-electron chi connectivity index (χ4n) is 2.73. The molecule has 0 radical (unpaired) electrons. The van der Waals surface area contributed by atoms with Gasteiger partial charge in [-0.2, -0.15) is 0 Å². The van der Waals surface area contributed by atoms with Gasteiger partial charge in [0.15, 0.2) is 0 Å². The minimum absolute atomic E-state index is 0.0333. The smallest absolute Gasteiger partial charge is 0.268 e. The topological polar surface area (TPSA) is 63.4 Å². The van der Waals surface area contributed by atoms with Gasteiger partial charge in [-0.05, 0) is 44.5 Å². The number of nitrogens with one attached hydrogen (secondary N) is 2. The van der Waals surface area contributed by atoms with Crippen LogP contribution in [0.5, 0.6) is 5.75 Å². The van der Waals surface area contributed by atoms with Gasteiger partial charge >= 0.3 is 0 Å². The minimum atomic E-state index is -0.315. The summed E-state index contributed by atoms with van der Waals surface area (Å²) in [6, 6.07) is 7.56. The summed E-state index contributed by atoms with van der Waals surface area (Å²) in [7, 11) is 1.63. The fourth-order valence-corrected chi connectivity index (χ4v) is 2.73. The average molecular weight is 288 g/mol. The number of rotatable bonds is 3. The number of hydrogen-bond acceptors (Lipinski definition) is 3. The van der Waals surface area contributed by atoms with E-state index < -0.39 is 0 Å². The number of carbonyl (C=O) groups excluding carboxylic acids is 1. The number of carbonyl (C=O) groups is 1. The number of benzene rings is 1. The SMILES string of the molecule is COc1ccc2[nH]c(C(=O)NC3CCOC3(C)C)cc2c1. The first kappa shape index (κ1) is 13.9. The Hall–Kier alpha value is -2.01. The Morgan fingerprint density at radius 3 is 2.90 bits per heavy atom. The zero-order chi connectivity index (χ0) is 15.0. The van der Waals surface area contributed by atoms with Crippen molar-refractivity contribution >= 4 is 16.8 Å². The summed E-state index contributed by atoms with van der Waals surface area (Å²) < 4.78 is 10.8. The quantitative estimate of drug-likeness (QED) is 0.912. The van der Waals surface area contributed by atoms with Gasteiger partial charge in [0.1, 0.15) is 11.4 Å². The first-order valence-electron chi connectivity index (χ1n) is 7.11. The molecule has 1 atom stereocenters. The number of H-pyrrole nitrogens is 1. The van der Waals surface area contributed by atoms with Gasteiger partial charge in [-0.15, -0.1) is 0 Å². The number of fused-ring (bicyclic) bond motifs is 1. The second-order valence-corrected chi connectivity index (χ2v) is 5.90. The third kappa shape index (κ3) is 2.61. The van der Waals surface area contributed by atoms with Crippen LogP contribution in [0.25, 0.3) is 10.9 Å². The van der Waals surface area contributed by atoms with Crippen LogP contribution < -0.4 is 10.1 Å². The highest BCUT2D eigenvalue weighted by molar-refractivity contribution is 5.98. The number of hydrogen-bond donors (Lipinski definition) is 2. The third-order valence-electron chi connectivity index (χ3n) is 4.10. The van der Waals surface area contributed by atoms with Gasteiger partial charge in [-0.1, -0.05) is 0 Å². The van der Waals surface area contributed by atoms with Gasteiger partial charge in [0.05, 0.1) is 18.8 Å². The maximum Gasteiger partial charge on any atom is 0.268 e. The third-order valence-corrected chi connectivity index (χ3v) is 4.10. The van der Waals surface area contributed by atoms with Crippen LogP contribution in [0.3, 0.4) is 0 Å². The number of aromatic nitrogens is 1. The summed E-state index contributed by atoms with van der Waals surface area (Å²) in [5, 5.41) is 4.01. The summed E-state index contributed by atoms with van der Waals surface area (Å²) in [4.78, 5) is 15.5. The lowest BCUT2D eigenvalue weighted by atomic mass is 9.99. The van der Waals surface area contributed by atoms with Crippen LogP contribution in [0, 0.1) is 0 Å². The van der Waals surface area contributed by atoms with E-state index in [4.69, 9.17) is 9.47 Å². The Morgan fingerprint density at radius 2 is 2.24 bits per heavy atom.